The van der Waals surface area contributed by atoms with Crippen molar-refractivity contribution in [2.45, 2.75) is 45.2 Å². The number of hydrogen-bond acceptors (Lipinski definition) is 3. The van der Waals surface area contributed by atoms with Crippen LogP contribution in [0.4, 0.5) is 5.69 Å². The van der Waals surface area contributed by atoms with E-state index in [9.17, 15) is 4.79 Å². The van der Waals surface area contributed by atoms with E-state index in [0.29, 0.717) is 12.6 Å². The lowest BCUT2D eigenvalue weighted by atomic mass is 10.2. The van der Waals surface area contributed by atoms with Crippen LogP contribution in [0.1, 0.15) is 38.2 Å². The topological polar surface area (TPSA) is 58.4 Å². The Labute approximate surface area is 121 Å². The van der Waals surface area contributed by atoms with Crippen molar-refractivity contribution in [2.75, 3.05) is 18.8 Å². The summed E-state index contributed by atoms with van der Waals surface area (Å²) in [5.41, 5.74) is 7.70. The van der Waals surface area contributed by atoms with Crippen LogP contribution in [-0.2, 0) is 11.3 Å². The van der Waals surface area contributed by atoms with Crippen LogP contribution in [0.3, 0.4) is 0 Å². The van der Waals surface area contributed by atoms with Gasteiger partial charge >= 0.3 is 0 Å². The molecule has 1 aromatic carbocycles. The lowest BCUT2D eigenvalue weighted by Crippen LogP contribution is -2.38. The minimum Gasteiger partial charge on any atom is -0.399 e. The molecule has 1 aliphatic rings. The van der Waals surface area contributed by atoms with Gasteiger partial charge in [-0.2, -0.15) is 0 Å². The molecule has 1 aromatic rings. The van der Waals surface area contributed by atoms with Gasteiger partial charge in [-0.3, -0.25) is 9.69 Å². The molecule has 4 heteroatoms. The van der Waals surface area contributed by atoms with E-state index in [1.54, 1.807) is 0 Å². The zero-order valence-electron chi connectivity index (χ0n) is 12.3. The number of nitrogens with one attached hydrogen (secondary N) is 1. The number of benzene rings is 1. The minimum atomic E-state index is 0.140. The summed E-state index contributed by atoms with van der Waals surface area (Å²) in [6.45, 7) is 4.24. The van der Waals surface area contributed by atoms with Gasteiger partial charge in [0.15, 0.2) is 0 Å². The number of rotatable bonds is 8. The number of carbonyl (C=O) groups excluding carboxylic acids is 1. The second-order valence-corrected chi connectivity index (χ2v) is 5.58. The molecule has 1 saturated carbocycles. The average Bonchev–Trinajstić information content (AvgIpc) is 3.25. The molecule has 0 heterocycles. The Morgan fingerprint density at radius 2 is 2.05 bits per heavy atom. The quantitative estimate of drug-likeness (QED) is 0.564. The maximum absolute atomic E-state index is 11.9. The average molecular weight is 275 g/mol. The Hall–Kier alpha value is -1.55. The monoisotopic (exact) mass is 275 g/mol. The summed E-state index contributed by atoms with van der Waals surface area (Å²) in [5.74, 6) is 0.140. The molecular formula is C16H25N3O. The molecular weight excluding hydrogens is 250 g/mol. The standard InChI is InChI=1S/C16H25N3O/c1-2-3-10-18-16(20)12-19(15-8-9-15)11-13-4-6-14(17)7-5-13/h4-7,15H,2-3,8-12,17H2,1H3,(H,18,20). The van der Waals surface area contributed by atoms with Crippen LogP contribution in [-0.4, -0.2) is 29.9 Å². The summed E-state index contributed by atoms with van der Waals surface area (Å²) >= 11 is 0. The molecule has 0 unspecified atom stereocenters. The van der Waals surface area contributed by atoms with E-state index in [-0.39, 0.29) is 5.91 Å². The molecule has 0 saturated heterocycles. The highest BCUT2D eigenvalue weighted by atomic mass is 16.2. The maximum Gasteiger partial charge on any atom is 0.234 e. The maximum atomic E-state index is 11.9. The number of nitrogens with zero attached hydrogens (tertiary/aromatic N) is 1. The molecule has 1 aliphatic carbocycles. The van der Waals surface area contributed by atoms with Gasteiger partial charge in [-0.05, 0) is 37.0 Å². The van der Waals surface area contributed by atoms with Crippen molar-refractivity contribution in [3.05, 3.63) is 29.8 Å². The van der Waals surface area contributed by atoms with Crippen LogP contribution in [0.25, 0.3) is 0 Å². The third-order valence-electron chi connectivity index (χ3n) is 3.63. The predicted molar refractivity (Wildman–Crippen MR) is 82.2 cm³/mol. The normalized spacial score (nSPS) is 14.5. The van der Waals surface area contributed by atoms with Gasteiger partial charge in [-0.15, -0.1) is 0 Å². The number of carbonyl (C=O) groups is 1. The van der Waals surface area contributed by atoms with Crippen LogP contribution in [0.15, 0.2) is 24.3 Å². The van der Waals surface area contributed by atoms with Gasteiger partial charge in [0.25, 0.3) is 0 Å². The second kappa shape index (κ2) is 7.29. The summed E-state index contributed by atoms with van der Waals surface area (Å²) in [7, 11) is 0. The van der Waals surface area contributed by atoms with Gasteiger partial charge in [-0.25, -0.2) is 0 Å². The molecule has 0 spiro atoms. The first-order chi connectivity index (χ1) is 9.69. The Kier molecular flexibility index (Phi) is 5.41. The fourth-order valence-corrected chi connectivity index (χ4v) is 2.26. The van der Waals surface area contributed by atoms with E-state index in [1.165, 1.54) is 18.4 Å². The number of hydrogen-bond donors (Lipinski definition) is 2. The molecule has 0 radical (unpaired) electrons. The zero-order valence-corrected chi connectivity index (χ0v) is 12.3. The minimum absolute atomic E-state index is 0.140. The second-order valence-electron chi connectivity index (χ2n) is 5.58. The number of nitrogen functional groups attached to an aromatic ring is 1. The van der Waals surface area contributed by atoms with Crippen LogP contribution in [0.5, 0.6) is 0 Å². The van der Waals surface area contributed by atoms with E-state index in [4.69, 9.17) is 5.73 Å². The number of anilines is 1. The molecule has 0 atom stereocenters. The van der Waals surface area contributed by atoms with Crippen molar-refractivity contribution >= 4 is 11.6 Å². The van der Waals surface area contributed by atoms with E-state index < -0.39 is 0 Å². The van der Waals surface area contributed by atoms with Crippen LogP contribution in [0, 0.1) is 0 Å². The Morgan fingerprint density at radius 3 is 2.65 bits per heavy atom. The molecule has 110 valence electrons. The highest BCUT2D eigenvalue weighted by molar-refractivity contribution is 5.78. The van der Waals surface area contributed by atoms with Gasteiger partial charge in [-0.1, -0.05) is 25.5 Å². The van der Waals surface area contributed by atoms with Gasteiger partial charge in [0, 0.05) is 24.8 Å². The van der Waals surface area contributed by atoms with E-state index in [0.717, 1.165) is 31.6 Å². The van der Waals surface area contributed by atoms with E-state index in [2.05, 4.69) is 17.1 Å². The Balaban J connectivity index is 1.84. The highest BCUT2D eigenvalue weighted by Gasteiger charge is 2.30. The van der Waals surface area contributed by atoms with Crippen molar-refractivity contribution < 1.29 is 4.79 Å². The van der Waals surface area contributed by atoms with Crippen LogP contribution < -0.4 is 11.1 Å². The highest BCUT2D eigenvalue weighted by Crippen LogP contribution is 2.28. The van der Waals surface area contributed by atoms with E-state index >= 15 is 0 Å². The number of unbranched alkanes of at least 4 members (excludes halogenated alkanes) is 1. The lowest BCUT2D eigenvalue weighted by molar-refractivity contribution is -0.122. The summed E-state index contributed by atoms with van der Waals surface area (Å²) in [4.78, 5) is 14.2. The fourth-order valence-electron chi connectivity index (χ4n) is 2.26. The first-order valence-electron chi connectivity index (χ1n) is 7.54. The lowest BCUT2D eigenvalue weighted by Gasteiger charge is -2.21. The third-order valence-corrected chi connectivity index (χ3v) is 3.63. The van der Waals surface area contributed by atoms with Crippen molar-refractivity contribution in [1.29, 1.82) is 0 Å². The zero-order chi connectivity index (χ0) is 14.4. The molecule has 0 aliphatic heterocycles. The van der Waals surface area contributed by atoms with E-state index in [1.807, 2.05) is 24.3 Å². The largest absolute Gasteiger partial charge is 0.399 e. The van der Waals surface area contributed by atoms with Gasteiger partial charge in [0.05, 0.1) is 6.54 Å². The molecule has 2 rings (SSSR count). The van der Waals surface area contributed by atoms with Crippen LogP contribution in [0.2, 0.25) is 0 Å². The van der Waals surface area contributed by atoms with Gasteiger partial charge in [0.2, 0.25) is 5.91 Å². The van der Waals surface area contributed by atoms with Crippen molar-refractivity contribution in [2.24, 2.45) is 0 Å². The van der Waals surface area contributed by atoms with Crippen molar-refractivity contribution in [3.63, 3.8) is 0 Å². The Morgan fingerprint density at radius 1 is 1.35 bits per heavy atom. The summed E-state index contributed by atoms with van der Waals surface area (Å²) in [6, 6.07) is 8.49. The van der Waals surface area contributed by atoms with Crippen molar-refractivity contribution in [1.82, 2.24) is 10.2 Å². The summed E-state index contributed by atoms with van der Waals surface area (Å²) in [5, 5.41) is 2.99. The molecule has 1 amide bonds. The molecule has 1 fully saturated rings. The number of nitrogens with two attached hydrogens (primary N) is 1. The summed E-state index contributed by atoms with van der Waals surface area (Å²) in [6.07, 6.45) is 4.57. The number of amides is 1. The smallest absolute Gasteiger partial charge is 0.234 e. The molecule has 20 heavy (non-hydrogen) atoms. The first-order valence-corrected chi connectivity index (χ1v) is 7.54. The van der Waals surface area contributed by atoms with Gasteiger partial charge in [0.1, 0.15) is 0 Å². The van der Waals surface area contributed by atoms with Gasteiger partial charge < -0.3 is 11.1 Å². The molecule has 0 bridgehead atoms. The molecule has 4 nitrogen and oxygen atoms in total. The Bertz CT molecular complexity index is 426. The molecule has 0 aromatic heterocycles. The molecule has 3 N–H and O–H groups in total. The fraction of sp³-hybridized carbons (Fsp3) is 0.562. The predicted octanol–water partition coefficient (Wildman–Crippen LogP) is 2.15. The third kappa shape index (κ3) is 4.85. The van der Waals surface area contributed by atoms with Crippen LogP contribution >= 0.6 is 0 Å². The SMILES string of the molecule is CCCCNC(=O)CN(Cc1ccc(N)cc1)C1CC1. The van der Waals surface area contributed by atoms with Crippen molar-refractivity contribution in [3.8, 4) is 0 Å². The summed E-state index contributed by atoms with van der Waals surface area (Å²) < 4.78 is 0. The first kappa shape index (κ1) is 14.9.